The lowest BCUT2D eigenvalue weighted by atomic mass is 9.53. The molecule has 1 atom stereocenters. The molecule has 1 aliphatic rings. The van der Waals surface area contributed by atoms with Crippen molar-refractivity contribution >= 4 is 7.85 Å². The van der Waals surface area contributed by atoms with Crippen molar-refractivity contribution in [3.63, 3.8) is 0 Å². The summed E-state index contributed by atoms with van der Waals surface area (Å²) in [5.74, 6) is 1.67. The average Bonchev–Trinajstić information content (AvgIpc) is 2.60. The Labute approximate surface area is 161 Å². The van der Waals surface area contributed by atoms with Crippen LogP contribution in [0, 0.1) is 17.3 Å². The second-order valence-corrected chi connectivity index (χ2v) is 9.47. The van der Waals surface area contributed by atoms with Gasteiger partial charge in [-0.3, -0.25) is 0 Å². The molecule has 0 aromatic heterocycles. The molecule has 146 valence electrons. The van der Waals surface area contributed by atoms with Crippen molar-refractivity contribution in [2.45, 2.75) is 136 Å². The highest BCUT2D eigenvalue weighted by Crippen LogP contribution is 2.50. The molecule has 0 spiro atoms. The van der Waals surface area contributed by atoms with E-state index in [1.165, 1.54) is 96.3 Å². The summed E-state index contributed by atoms with van der Waals surface area (Å²) in [6, 6.07) is 0. The number of hydrogen-bond acceptors (Lipinski definition) is 0. The summed E-state index contributed by atoms with van der Waals surface area (Å²) in [6.07, 6.45) is 20.3. The van der Waals surface area contributed by atoms with Gasteiger partial charge in [-0.2, -0.15) is 0 Å². The molecule has 25 heavy (non-hydrogen) atoms. The van der Waals surface area contributed by atoms with E-state index in [0.717, 1.165) is 11.8 Å². The third-order valence-corrected chi connectivity index (χ3v) is 7.48. The normalized spacial score (nSPS) is 30.3. The zero-order chi connectivity index (χ0) is 18.8. The van der Waals surface area contributed by atoms with Crippen LogP contribution in [0.15, 0.2) is 0 Å². The molecule has 0 aliphatic heterocycles. The third-order valence-electron chi connectivity index (χ3n) is 7.48. The van der Waals surface area contributed by atoms with Crippen LogP contribution in [0.2, 0.25) is 5.31 Å². The standard InChI is InChI=1S/C24H47B/c1-6-14-21(9-4)24(25)19-12-10-17-23(5,18-11-13-20-24)22(15-7-2)16-8-3/h21-22H,6-20H2,1-5H3. The lowest BCUT2D eigenvalue weighted by Crippen LogP contribution is -2.30. The molecule has 0 heterocycles. The fourth-order valence-electron chi connectivity index (χ4n) is 5.82. The molecule has 0 aromatic rings. The molecule has 1 fully saturated rings. The second-order valence-electron chi connectivity index (χ2n) is 9.47. The number of rotatable bonds is 9. The smallest absolute Gasteiger partial charge is 0.0654 e. The molecule has 1 aliphatic carbocycles. The van der Waals surface area contributed by atoms with Crippen LogP contribution in [0.1, 0.15) is 131 Å². The highest BCUT2D eigenvalue weighted by atomic mass is 14.4. The van der Waals surface area contributed by atoms with Gasteiger partial charge in [-0.15, -0.1) is 0 Å². The van der Waals surface area contributed by atoms with Gasteiger partial charge < -0.3 is 0 Å². The molecule has 0 bridgehead atoms. The monoisotopic (exact) mass is 346 g/mol. The first-order chi connectivity index (χ1) is 12.0. The van der Waals surface area contributed by atoms with Crippen molar-refractivity contribution in [3.8, 4) is 0 Å². The fraction of sp³-hybridized carbons (Fsp3) is 1.00. The van der Waals surface area contributed by atoms with E-state index in [1.54, 1.807) is 0 Å². The maximum Gasteiger partial charge on any atom is 0.0750 e. The average molecular weight is 346 g/mol. The quantitative estimate of drug-likeness (QED) is 0.367. The summed E-state index contributed by atoms with van der Waals surface area (Å²) in [5, 5.41) is 0.116. The predicted octanol–water partition coefficient (Wildman–Crippen LogP) is 8.50. The summed E-state index contributed by atoms with van der Waals surface area (Å²) in [4.78, 5) is 0. The van der Waals surface area contributed by atoms with E-state index in [0.29, 0.717) is 5.41 Å². The van der Waals surface area contributed by atoms with Crippen molar-refractivity contribution in [1.29, 1.82) is 0 Å². The van der Waals surface area contributed by atoms with E-state index in [-0.39, 0.29) is 5.31 Å². The second kappa shape index (κ2) is 11.7. The Morgan fingerprint density at radius 3 is 1.48 bits per heavy atom. The van der Waals surface area contributed by atoms with Gasteiger partial charge in [0, 0.05) is 0 Å². The van der Waals surface area contributed by atoms with Crippen molar-refractivity contribution < 1.29 is 0 Å². The van der Waals surface area contributed by atoms with E-state index in [9.17, 15) is 0 Å². The Kier molecular flexibility index (Phi) is 10.8. The SMILES string of the molecule is [B]C1(C(CC)CCC)CCCCC(C)(C(CCC)CCC)CCCC1. The van der Waals surface area contributed by atoms with E-state index in [1.807, 2.05) is 0 Å². The van der Waals surface area contributed by atoms with Gasteiger partial charge in [-0.25, -0.2) is 0 Å². The minimum Gasteiger partial charge on any atom is -0.0654 e. The molecule has 1 heteroatoms. The topological polar surface area (TPSA) is 0 Å². The largest absolute Gasteiger partial charge is 0.0750 e. The molecule has 0 nitrogen and oxygen atoms in total. The van der Waals surface area contributed by atoms with Crippen molar-refractivity contribution in [2.24, 2.45) is 17.3 Å². The summed E-state index contributed by atoms with van der Waals surface area (Å²) >= 11 is 0. The van der Waals surface area contributed by atoms with Crippen LogP contribution in [-0.4, -0.2) is 7.85 Å². The van der Waals surface area contributed by atoms with Gasteiger partial charge in [0.2, 0.25) is 0 Å². The predicted molar refractivity (Wildman–Crippen MR) is 115 cm³/mol. The fourth-order valence-corrected chi connectivity index (χ4v) is 5.82. The van der Waals surface area contributed by atoms with Crippen LogP contribution < -0.4 is 0 Å². The minimum atomic E-state index is 0.116. The molecular formula is C24H47B. The van der Waals surface area contributed by atoms with Gasteiger partial charge >= 0.3 is 0 Å². The number of hydrogen-bond donors (Lipinski definition) is 0. The Bertz CT molecular complexity index is 317. The summed E-state index contributed by atoms with van der Waals surface area (Å²) in [7, 11) is 7.01. The van der Waals surface area contributed by atoms with E-state index in [2.05, 4.69) is 34.6 Å². The Morgan fingerprint density at radius 1 is 0.680 bits per heavy atom. The van der Waals surface area contributed by atoms with Crippen molar-refractivity contribution in [1.82, 2.24) is 0 Å². The summed E-state index contributed by atoms with van der Waals surface area (Å²) in [5.41, 5.74) is 0.578. The molecule has 1 unspecified atom stereocenters. The van der Waals surface area contributed by atoms with Gasteiger partial charge in [0.05, 0.1) is 7.85 Å². The van der Waals surface area contributed by atoms with Crippen LogP contribution in [0.3, 0.4) is 0 Å². The first kappa shape index (κ1) is 23.1. The molecule has 0 N–H and O–H groups in total. The summed E-state index contributed by atoms with van der Waals surface area (Å²) < 4.78 is 0. The van der Waals surface area contributed by atoms with E-state index in [4.69, 9.17) is 7.85 Å². The van der Waals surface area contributed by atoms with Gasteiger partial charge in [0.15, 0.2) is 0 Å². The Hall–Kier alpha value is 0.0649. The van der Waals surface area contributed by atoms with Crippen LogP contribution >= 0.6 is 0 Å². The molecule has 0 aromatic carbocycles. The maximum absolute atomic E-state index is 7.01. The van der Waals surface area contributed by atoms with E-state index < -0.39 is 0 Å². The van der Waals surface area contributed by atoms with Crippen molar-refractivity contribution in [2.75, 3.05) is 0 Å². The van der Waals surface area contributed by atoms with Crippen LogP contribution in [0.4, 0.5) is 0 Å². The summed E-state index contributed by atoms with van der Waals surface area (Å²) in [6.45, 7) is 12.0. The molecule has 0 amide bonds. The highest BCUT2D eigenvalue weighted by molar-refractivity contribution is 6.15. The minimum absolute atomic E-state index is 0.116. The first-order valence-corrected chi connectivity index (χ1v) is 11.7. The first-order valence-electron chi connectivity index (χ1n) is 11.7. The van der Waals surface area contributed by atoms with E-state index >= 15 is 0 Å². The maximum atomic E-state index is 7.01. The Morgan fingerprint density at radius 2 is 1.08 bits per heavy atom. The van der Waals surface area contributed by atoms with Crippen LogP contribution in [0.25, 0.3) is 0 Å². The van der Waals surface area contributed by atoms with Gasteiger partial charge in [0.25, 0.3) is 0 Å². The highest BCUT2D eigenvalue weighted by Gasteiger charge is 2.35. The van der Waals surface area contributed by atoms with Crippen molar-refractivity contribution in [3.05, 3.63) is 0 Å². The van der Waals surface area contributed by atoms with Crippen LogP contribution in [-0.2, 0) is 0 Å². The lowest BCUT2D eigenvalue weighted by Gasteiger charge is -2.43. The zero-order valence-corrected chi connectivity index (χ0v) is 18.3. The molecule has 1 saturated carbocycles. The molecule has 1 rings (SSSR count). The van der Waals surface area contributed by atoms with Gasteiger partial charge in [-0.05, 0) is 30.1 Å². The zero-order valence-electron chi connectivity index (χ0n) is 18.3. The molecular weight excluding hydrogens is 299 g/mol. The Balaban J connectivity index is 2.75. The van der Waals surface area contributed by atoms with Gasteiger partial charge in [-0.1, -0.05) is 123 Å². The van der Waals surface area contributed by atoms with Gasteiger partial charge in [0.1, 0.15) is 0 Å². The molecule has 0 saturated heterocycles. The van der Waals surface area contributed by atoms with Crippen LogP contribution in [0.5, 0.6) is 0 Å². The molecule has 2 radical (unpaired) electrons. The third kappa shape index (κ3) is 6.95. The lowest BCUT2D eigenvalue weighted by molar-refractivity contribution is 0.115.